The molecule has 0 aliphatic carbocycles. The normalized spacial score (nSPS) is 10.8. The molecule has 0 aliphatic rings. The van der Waals surface area contributed by atoms with Crippen LogP contribution < -0.4 is 5.46 Å². The number of nitrogens with zero attached hydrogens (tertiary/aromatic N) is 2. The maximum absolute atomic E-state index is 9.10. The van der Waals surface area contributed by atoms with Gasteiger partial charge in [-0.05, 0) is 11.5 Å². The van der Waals surface area contributed by atoms with Gasteiger partial charge in [0.15, 0.2) is 0 Å². The summed E-state index contributed by atoms with van der Waals surface area (Å²) in [4.78, 5) is 0. The van der Waals surface area contributed by atoms with Crippen LogP contribution >= 0.6 is 0 Å². The van der Waals surface area contributed by atoms with E-state index < -0.39 is 7.12 Å². The Bertz CT molecular complexity index is 689. The van der Waals surface area contributed by atoms with E-state index >= 15 is 0 Å². The van der Waals surface area contributed by atoms with Crippen LogP contribution in [0.25, 0.3) is 16.5 Å². The summed E-state index contributed by atoms with van der Waals surface area (Å²) in [7, 11) is -1.49. The van der Waals surface area contributed by atoms with Crippen molar-refractivity contribution in [2.75, 3.05) is 0 Å². The molecular weight excluding hydrogens is 227 g/mol. The van der Waals surface area contributed by atoms with Crippen molar-refractivity contribution < 1.29 is 10.0 Å². The zero-order valence-electron chi connectivity index (χ0n) is 9.56. The first-order valence-electron chi connectivity index (χ1n) is 5.64. The highest BCUT2D eigenvalue weighted by atomic mass is 16.4. The lowest BCUT2D eigenvalue weighted by Crippen LogP contribution is -2.28. The third-order valence-electron chi connectivity index (χ3n) is 2.91. The Balaban J connectivity index is 2.18. The highest BCUT2D eigenvalue weighted by Gasteiger charge is 2.14. The van der Waals surface area contributed by atoms with E-state index in [0.717, 1.165) is 16.5 Å². The average molecular weight is 238 g/mol. The number of hydrogen-bond acceptors (Lipinski definition) is 3. The van der Waals surface area contributed by atoms with Gasteiger partial charge in [-0.3, -0.25) is 0 Å². The molecule has 0 unspecified atom stereocenters. The van der Waals surface area contributed by atoms with E-state index in [-0.39, 0.29) is 0 Å². The van der Waals surface area contributed by atoms with Gasteiger partial charge in [-0.1, -0.05) is 36.4 Å². The molecule has 2 N–H and O–H groups in total. The molecule has 18 heavy (non-hydrogen) atoms. The van der Waals surface area contributed by atoms with Crippen molar-refractivity contribution in [3.05, 3.63) is 54.9 Å². The number of hydrogen-bond donors (Lipinski definition) is 2. The van der Waals surface area contributed by atoms with Crippen LogP contribution in [-0.2, 0) is 0 Å². The molecule has 0 saturated heterocycles. The second-order valence-corrected chi connectivity index (χ2v) is 4.09. The fourth-order valence-electron chi connectivity index (χ4n) is 2.01. The van der Waals surface area contributed by atoms with E-state index in [1.165, 1.54) is 6.20 Å². The Hall–Kier alpha value is -2.11. The first-order chi connectivity index (χ1) is 8.75. The van der Waals surface area contributed by atoms with E-state index in [9.17, 15) is 0 Å². The van der Waals surface area contributed by atoms with Crippen molar-refractivity contribution in [3.63, 3.8) is 0 Å². The molecule has 3 aromatic rings. The maximum atomic E-state index is 9.10. The van der Waals surface area contributed by atoms with Gasteiger partial charge in [-0.2, -0.15) is 5.10 Å². The third kappa shape index (κ3) is 1.79. The summed E-state index contributed by atoms with van der Waals surface area (Å²) in [6.07, 6.45) is 3.07. The van der Waals surface area contributed by atoms with Crippen LogP contribution in [0.2, 0.25) is 0 Å². The Morgan fingerprint density at radius 1 is 1.00 bits per heavy atom. The summed E-state index contributed by atoms with van der Waals surface area (Å²) >= 11 is 0. The first-order valence-corrected chi connectivity index (χ1v) is 5.64. The van der Waals surface area contributed by atoms with Crippen LogP contribution in [0.1, 0.15) is 0 Å². The smallest absolute Gasteiger partial charge is 0.423 e. The predicted octanol–water partition coefficient (Wildman–Crippen LogP) is 0.705. The lowest BCUT2D eigenvalue weighted by molar-refractivity contribution is 0.426. The third-order valence-corrected chi connectivity index (χ3v) is 2.91. The molecule has 5 heteroatoms. The molecular formula is C13H11BN2O2. The SMILES string of the molecule is OB(O)c1cnn(-c2cccc3ccccc23)c1. The second-order valence-electron chi connectivity index (χ2n) is 4.09. The number of fused-ring (bicyclic) bond motifs is 1. The lowest BCUT2D eigenvalue weighted by Gasteiger charge is -2.06. The molecule has 3 rings (SSSR count). The second kappa shape index (κ2) is 4.29. The molecule has 88 valence electrons. The molecule has 0 spiro atoms. The van der Waals surface area contributed by atoms with E-state index in [1.807, 2.05) is 42.5 Å². The minimum absolute atomic E-state index is 0.378. The summed E-state index contributed by atoms with van der Waals surface area (Å²) in [5.74, 6) is 0. The average Bonchev–Trinajstić information content (AvgIpc) is 2.87. The Kier molecular flexibility index (Phi) is 2.62. The monoisotopic (exact) mass is 238 g/mol. The van der Waals surface area contributed by atoms with Gasteiger partial charge in [0.1, 0.15) is 0 Å². The van der Waals surface area contributed by atoms with E-state index in [1.54, 1.807) is 10.9 Å². The van der Waals surface area contributed by atoms with Gasteiger partial charge in [-0.25, -0.2) is 4.68 Å². The Morgan fingerprint density at radius 2 is 1.78 bits per heavy atom. The summed E-state index contributed by atoms with van der Waals surface area (Å²) in [5, 5.41) is 24.5. The van der Waals surface area contributed by atoms with Crippen molar-refractivity contribution in [2.45, 2.75) is 0 Å². The molecule has 0 atom stereocenters. The molecule has 0 aliphatic heterocycles. The van der Waals surface area contributed by atoms with Crippen molar-refractivity contribution in [1.29, 1.82) is 0 Å². The molecule has 0 radical (unpaired) electrons. The predicted molar refractivity (Wildman–Crippen MR) is 70.9 cm³/mol. The van der Waals surface area contributed by atoms with Gasteiger partial charge in [0.25, 0.3) is 0 Å². The van der Waals surface area contributed by atoms with Gasteiger partial charge in [0.05, 0.1) is 5.69 Å². The number of aromatic nitrogens is 2. The minimum Gasteiger partial charge on any atom is -0.423 e. The van der Waals surface area contributed by atoms with Crippen LogP contribution in [0.4, 0.5) is 0 Å². The fourth-order valence-corrected chi connectivity index (χ4v) is 2.01. The quantitative estimate of drug-likeness (QED) is 0.646. The lowest BCUT2D eigenvalue weighted by atomic mass is 9.83. The molecule has 0 saturated carbocycles. The summed E-state index contributed by atoms with van der Waals surface area (Å²) < 4.78 is 1.65. The molecule has 4 nitrogen and oxygen atoms in total. The van der Waals surface area contributed by atoms with Gasteiger partial charge < -0.3 is 10.0 Å². The summed E-state index contributed by atoms with van der Waals surface area (Å²) in [5.41, 5.74) is 1.29. The standard InChI is InChI=1S/C13H11BN2O2/c17-14(18)11-8-15-16(9-11)13-7-3-5-10-4-1-2-6-12(10)13/h1-9,17-18H. The van der Waals surface area contributed by atoms with Crippen molar-refractivity contribution >= 4 is 23.4 Å². The number of rotatable bonds is 2. The molecule has 0 amide bonds. The zero-order valence-corrected chi connectivity index (χ0v) is 9.56. The van der Waals surface area contributed by atoms with Crippen LogP contribution in [0.15, 0.2) is 54.9 Å². The largest absolute Gasteiger partial charge is 0.491 e. The molecule has 0 fully saturated rings. The molecule has 0 bridgehead atoms. The van der Waals surface area contributed by atoms with Gasteiger partial charge in [0.2, 0.25) is 0 Å². The van der Waals surface area contributed by atoms with Crippen LogP contribution in [0.3, 0.4) is 0 Å². The van der Waals surface area contributed by atoms with Gasteiger partial charge >= 0.3 is 7.12 Å². The Morgan fingerprint density at radius 3 is 2.56 bits per heavy atom. The minimum atomic E-state index is -1.49. The molecule has 1 aromatic heterocycles. The zero-order chi connectivity index (χ0) is 12.5. The maximum Gasteiger partial charge on any atom is 0.491 e. The Labute approximate surface area is 104 Å². The van der Waals surface area contributed by atoms with Gasteiger partial charge in [-0.15, -0.1) is 0 Å². The molecule has 1 heterocycles. The van der Waals surface area contributed by atoms with Crippen LogP contribution in [0, 0.1) is 0 Å². The highest BCUT2D eigenvalue weighted by molar-refractivity contribution is 6.58. The summed E-state index contributed by atoms with van der Waals surface area (Å²) in [6, 6.07) is 13.9. The number of benzene rings is 2. The van der Waals surface area contributed by atoms with Crippen LogP contribution in [-0.4, -0.2) is 26.9 Å². The van der Waals surface area contributed by atoms with Crippen molar-refractivity contribution in [3.8, 4) is 5.69 Å². The van der Waals surface area contributed by atoms with E-state index in [0.29, 0.717) is 5.46 Å². The van der Waals surface area contributed by atoms with Crippen LogP contribution in [0.5, 0.6) is 0 Å². The van der Waals surface area contributed by atoms with E-state index in [2.05, 4.69) is 5.10 Å². The summed E-state index contributed by atoms with van der Waals surface area (Å²) in [6.45, 7) is 0. The first kappa shape index (κ1) is 11.0. The van der Waals surface area contributed by atoms with Crippen molar-refractivity contribution in [1.82, 2.24) is 9.78 Å². The highest BCUT2D eigenvalue weighted by Crippen LogP contribution is 2.20. The van der Waals surface area contributed by atoms with Gasteiger partial charge in [0, 0.05) is 23.2 Å². The van der Waals surface area contributed by atoms with E-state index in [4.69, 9.17) is 10.0 Å². The fraction of sp³-hybridized carbons (Fsp3) is 0. The topological polar surface area (TPSA) is 58.3 Å². The van der Waals surface area contributed by atoms with Crippen molar-refractivity contribution in [2.24, 2.45) is 0 Å². The molecule has 2 aromatic carbocycles.